The molecule has 0 spiro atoms. The van der Waals surface area contributed by atoms with Crippen LogP contribution in [0.1, 0.15) is 17.3 Å². The van der Waals surface area contributed by atoms with Crippen LogP contribution in [0.5, 0.6) is 0 Å². The van der Waals surface area contributed by atoms with E-state index in [1.165, 1.54) is 6.20 Å². The Balaban J connectivity index is 2.18. The van der Waals surface area contributed by atoms with Crippen molar-refractivity contribution in [3.63, 3.8) is 0 Å². The molecule has 4 nitrogen and oxygen atoms in total. The van der Waals surface area contributed by atoms with Crippen molar-refractivity contribution in [3.8, 4) is 0 Å². The third-order valence-electron chi connectivity index (χ3n) is 2.63. The molecule has 0 atom stereocenters. The van der Waals surface area contributed by atoms with E-state index < -0.39 is 0 Å². The van der Waals surface area contributed by atoms with Crippen molar-refractivity contribution in [2.45, 2.75) is 6.92 Å². The fourth-order valence-corrected chi connectivity index (χ4v) is 2.88. The number of nitrogens with one attached hydrogen (secondary N) is 2. The Morgan fingerprint density at radius 2 is 2.10 bits per heavy atom. The van der Waals surface area contributed by atoms with Gasteiger partial charge in [0.05, 0.1) is 16.3 Å². The number of anilines is 2. The van der Waals surface area contributed by atoms with Gasteiger partial charge < -0.3 is 10.6 Å². The standard InChI is InChI=1S/C14H12Cl2IN3O/c1-2-18-13-10(16)5-8(7-19-13)14(21)20-12-4-3-9(15)6-11(12)17/h3-7H,2H2,1H3,(H,18,19)(H,20,21). The van der Waals surface area contributed by atoms with Crippen molar-refractivity contribution in [2.75, 3.05) is 17.2 Å². The van der Waals surface area contributed by atoms with Gasteiger partial charge in [-0.3, -0.25) is 4.79 Å². The van der Waals surface area contributed by atoms with Crippen LogP contribution >= 0.6 is 45.8 Å². The summed E-state index contributed by atoms with van der Waals surface area (Å²) in [6.07, 6.45) is 1.49. The Hall–Kier alpha value is -1.05. The highest BCUT2D eigenvalue weighted by molar-refractivity contribution is 14.1. The quantitative estimate of drug-likeness (QED) is 0.685. The van der Waals surface area contributed by atoms with E-state index in [0.717, 1.165) is 3.57 Å². The van der Waals surface area contributed by atoms with Crippen LogP contribution in [-0.2, 0) is 0 Å². The molecule has 21 heavy (non-hydrogen) atoms. The summed E-state index contributed by atoms with van der Waals surface area (Å²) in [5.41, 5.74) is 1.09. The topological polar surface area (TPSA) is 54.0 Å². The van der Waals surface area contributed by atoms with E-state index in [0.29, 0.717) is 33.7 Å². The number of hydrogen-bond acceptors (Lipinski definition) is 3. The molecule has 0 saturated carbocycles. The minimum atomic E-state index is -0.271. The second-order valence-corrected chi connectivity index (χ2v) is 6.17. The fourth-order valence-electron chi connectivity index (χ4n) is 1.64. The van der Waals surface area contributed by atoms with Crippen LogP contribution in [-0.4, -0.2) is 17.4 Å². The lowest BCUT2D eigenvalue weighted by Crippen LogP contribution is -2.13. The first-order chi connectivity index (χ1) is 10.0. The zero-order valence-electron chi connectivity index (χ0n) is 11.1. The summed E-state index contributed by atoms with van der Waals surface area (Å²) in [5.74, 6) is 0.296. The first kappa shape index (κ1) is 16.3. The molecule has 0 aliphatic carbocycles. The summed E-state index contributed by atoms with van der Waals surface area (Å²) in [6, 6.07) is 6.84. The largest absolute Gasteiger partial charge is 0.369 e. The van der Waals surface area contributed by atoms with Gasteiger partial charge in [0, 0.05) is 21.3 Å². The number of benzene rings is 1. The second-order valence-electron chi connectivity index (χ2n) is 4.16. The van der Waals surface area contributed by atoms with Crippen molar-refractivity contribution in [1.29, 1.82) is 0 Å². The van der Waals surface area contributed by atoms with Gasteiger partial charge in [0.1, 0.15) is 5.82 Å². The van der Waals surface area contributed by atoms with Gasteiger partial charge in [0.25, 0.3) is 5.91 Å². The molecule has 2 N–H and O–H groups in total. The highest BCUT2D eigenvalue weighted by Crippen LogP contribution is 2.24. The van der Waals surface area contributed by atoms with E-state index in [1.807, 2.05) is 6.92 Å². The van der Waals surface area contributed by atoms with E-state index in [1.54, 1.807) is 24.3 Å². The van der Waals surface area contributed by atoms with E-state index in [-0.39, 0.29) is 5.91 Å². The molecule has 1 aromatic carbocycles. The molecule has 0 saturated heterocycles. The maximum atomic E-state index is 12.2. The lowest BCUT2D eigenvalue weighted by molar-refractivity contribution is 0.102. The smallest absolute Gasteiger partial charge is 0.257 e. The van der Waals surface area contributed by atoms with Crippen LogP contribution in [0, 0.1) is 3.57 Å². The van der Waals surface area contributed by atoms with Crippen molar-refractivity contribution in [3.05, 3.63) is 49.6 Å². The Bertz CT molecular complexity index is 679. The zero-order chi connectivity index (χ0) is 15.4. The molecule has 0 unspecified atom stereocenters. The molecular formula is C14H12Cl2IN3O. The summed E-state index contributed by atoms with van der Waals surface area (Å²) >= 11 is 14.1. The summed E-state index contributed by atoms with van der Waals surface area (Å²) in [5, 5.41) is 6.86. The normalized spacial score (nSPS) is 10.3. The van der Waals surface area contributed by atoms with Crippen LogP contribution < -0.4 is 10.6 Å². The number of pyridine rings is 1. The van der Waals surface area contributed by atoms with Gasteiger partial charge in [0.2, 0.25) is 0 Å². The van der Waals surface area contributed by atoms with Crippen molar-refractivity contribution in [2.24, 2.45) is 0 Å². The maximum Gasteiger partial charge on any atom is 0.257 e. The molecular weight excluding hydrogens is 424 g/mol. The number of halogens is 3. The summed E-state index contributed by atoms with van der Waals surface area (Å²) < 4.78 is 0.858. The highest BCUT2D eigenvalue weighted by Gasteiger charge is 2.11. The van der Waals surface area contributed by atoms with E-state index in [4.69, 9.17) is 23.2 Å². The molecule has 0 radical (unpaired) electrons. The van der Waals surface area contributed by atoms with Crippen LogP contribution in [0.4, 0.5) is 11.5 Å². The molecule has 1 amide bonds. The van der Waals surface area contributed by atoms with Crippen LogP contribution in [0.25, 0.3) is 0 Å². The maximum absolute atomic E-state index is 12.2. The number of carbonyl (C=O) groups excluding carboxylic acids is 1. The predicted molar refractivity (Wildman–Crippen MR) is 95.5 cm³/mol. The predicted octanol–water partition coefficient (Wildman–Crippen LogP) is 4.68. The Morgan fingerprint density at radius 3 is 2.71 bits per heavy atom. The summed E-state index contributed by atoms with van der Waals surface area (Å²) in [6.45, 7) is 2.66. The first-order valence-corrected chi connectivity index (χ1v) is 8.00. The van der Waals surface area contributed by atoms with E-state index >= 15 is 0 Å². The molecule has 2 rings (SSSR count). The number of rotatable bonds is 4. The Labute approximate surface area is 146 Å². The van der Waals surface area contributed by atoms with E-state index in [9.17, 15) is 4.79 Å². The minimum absolute atomic E-state index is 0.271. The second kappa shape index (κ2) is 7.29. The molecule has 0 bridgehead atoms. The average molecular weight is 436 g/mol. The SMILES string of the molecule is CCNc1ncc(C(=O)Nc2ccc(Cl)cc2I)cc1Cl. The van der Waals surface area contributed by atoms with Gasteiger partial charge in [0.15, 0.2) is 0 Å². The van der Waals surface area contributed by atoms with Crippen molar-refractivity contribution in [1.82, 2.24) is 4.98 Å². The fraction of sp³-hybridized carbons (Fsp3) is 0.143. The number of amides is 1. The molecule has 7 heteroatoms. The van der Waals surface area contributed by atoms with Gasteiger partial charge >= 0.3 is 0 Å². The van der Waals surface area contributed by atoms with Gasteiger partial charge in [-0.05, 0) is 53.8 Å². The molecule has 2 aromatic rings. The number of hydrogen-bond donors (Lipinski definition) is 2. The molecule has 0 fully saturated rings. The minimum Gasteiger partial charge on any atom is -0.369 e. The van der Waals surface area contributed by atoms with Crippen LogP contribution in [0.2, 0.25) is 10.0 Å². The summed E-state index contributed by atoms with van der Waals surface area (Å²) in [4.78, 5) is 16.3. The van der Waals surface area contributed by atoms with Gasteiger partial charge in [-0.1, -0.05) is 23.2 Å². The molecule has 110 valence electrons. The average Bonchev–Trinajstić information content (AvgIpc) is 2.44. The Kier molecular flexibility index (Phi) is 5.66. The van der Waals surface area contributed by atoms with Crippen molar-refractivity contribution >= 4 is 63.2 Å². The third kappa shape index (κ3) is 4.21. The highest BCUT2D eigenvalue weighted by atomic mass is 127. The lowest BCUT2D eigenvalue weighted by Gasteiger charge is -2.09. The summed E-state index contributed by atoms with van der Waals surface area (Å²) in [7, 11) is 0. The molecule has 1 aromatic heterocycles. The molecule has 0 aliphatic heterocycles. The molecule has 0 aliphatic rings. The van der Waals surface area contributed by atoms with Crippen LogP contribution in [0.3, 0.4) is 0 Å². The molecule has 1 heterocycles. The van der Waals surface area contributed by atoms with Crippen LogP contribution in [0.15, 0.2) is 30.5 Å². The van der Waals surface area contributed by atoms with Gasteiger partial charge in [-0.15, -0.1) is 0 Å². The number of carbonyl (C=O) groups is 1. The third-order valence-corrected chi connectivity index (χ3v) is 4.04. The van der Waals surface area contributed by atoms with Gasteiger partial charge in [-0.25, -0.2) is 4.98 Å². The Morgan fingerprint density at radius 1 is 1.33 bits per heavy atom. The lowest BCUT2D eigenvalue weighted by atomic mass is 10.2. The van der Waals surface area contributed by atoms with E-state index in [2.05, 4.69) is 38.2 Å². The zero-order valence-corrected chi connectivity index (χ0v) is 14.8. The monoisotopic (exact) mass is 435 g/mol. The first-order valence-electron chi connectivity index (χ1n) is 6.17. The number of aromatic nitrogens is 1. The van der Waals surface area contributed by atoms with Crippen molar-refractivity contribution < 1.29 is 4.79 Å². The van der Waals surface area contributed by atoms with Gasteiger partial charge in [-0.2, -0.15) is 0 Å². The number of nitrogens with zero attached hydrogens (tertiary/aromatic N) is 1.